The fourth-order valence-electron chi connectivity index (χ4n) is 3.06. The molecule has 2 aromatic heterocycles. The first-order chi connectivity index (χ1) is 13.5. The average Bonchev–Trinajstić information content (AvgIpc) is 3.32. The summed E-state index contributed by atoms with van der Waals surface area (Å²) in [4.78, 5) is 12.9. The van der Waals surface area contributed by atoms with Crippen LogP contribution in [0, 0.1) is 13.8 Å². The molecule has 0 saturated heterocycles. The molecule has 7 heteroatoms. The third kappa shape index (κ3) is 3.54. The highest BCUT2D eigenvalue weighted by Gasteiger charge is 2.14. The summed E-state index contributed by atoms with van der Waals surface area (Å²) in [6, 6.07) is 16.6. The molecule has 0 radical (unpaired) electrons. The number of anilines is 1. The van der Waals surface area contributed by atoms with Crippen LogP contribution in [0.3, 0.4) is 0 Å². The van der Waals surface area contributed by atoms with Gasteiger partial charge in [-0.15, -0.1) is 0 Å². The second-order valence-electron chi connectivity index (χ2n) is 6.46. The fourth-order valence-corrected chi connectivity index (χ4v) is 3.26. The lowest BCUT2D eigenvalue weighted by Gasteiger charge is -2.11. The number of aromatic nitrogens is 4. The molecule has 0 unspecified atom stereocenters. The van der Waals surface area contributed by atoms with Crippen LogP contribution in [0.2, 0.25) is 5.02 Å². The molecule has 140 valence electrons. The van der Waals surface area contributed by atoms with Crippen molar-refractivity contribution < 1.29 is 4.79 Å². The van der Waals surface area contributed by atoms with Crippen LogP contribution in [0.15, 0.2) is 67.0 Å². The molecule has 1 amide bonds. The topological polar surface area (TPSA) is 64.7 Å². The van der Waals surface area contributed by atoms with E-state index in [1.165, 1.54) is 0 Å². The third-order valence-electron chi connectivity index (χ3n) is 4.32. The first-order valence-electron chi connectivity index (χ1n) is 8.76. The summed E-state index contributed by atoms with van der Waals surface area (Å²) < 4.78 is 3.52. The van der Waals surface area contributed by atoms with Gasteiger partial charge in [0.1, 0.15) is 0 Å². The number of benzene rings is 2. The summed E-state index contributed by atoms with van der Waals surface area (Å²) in [5.74, 6) is -0.286. The Bertz CT molecular complexity index is 1150. The zero-order chi connectivity index (χ0) is 19.7. The SMILES string of the molecule is Cc1cc(C)n(-c2ccc(Cl)c(C(=O)Nc3cccc(-n4cccn4)c3)c2)n1. The molecular weight excluding hydrogens is 374 g/mol. The molecule has 0 spiro atoms. The van der Waals surface area contributed by atoms with E-state index >= 15 is 0 Å². The molecular formula is C21H18ClN5O. The Kier molecular flexibility index (Phi) is 4.71. The highest BCUT2D eigenvalue weighted by molar-refractivity contribution is 6.34. The predicted octanol–water partition coefficient (Wildman–Crippen LogP) is 4.58. The van der Waals surface area contributed by atoms with E-state index in [4.69, 9.17) is 11.6 Å². The van der Waals surface area contributed by atoms with E-state index in [1.807, 2.05) is 62.5 Å². The number of halogens is 1. The summed E-state index contributed by atoms with van der Waals surface area (Å²) in [7, 11) is 0. The Morgan fingerprint density at radius 3 is 2.61 bits per heavy atom. The number of aryl methyl sites for hydroxylation is 2. The lowest BCUT2D eigenvalue weighted by molar-refractivity contribution is 0.102. The highest BCUT2D eigenvalue weighted by atomic mass is 35.5. The van der Waals surface area contributed by atoms with Crippen molar-refractivity contribution in [2.45, 2.75) is 13.8 Å². The highest BCUT2D eigenvalue weighted by Crippen LogP contribution is 2.23. The van der Waals surface area contributed by atoms with Gasteiger partial charge in [0.2, 0.25) is 0 Å². The zero-order valence-electron chi connectivity index (χ0n) is 15.4. The van der Waals surface area contributed by atoms with Crippen LogP contribution in [0.5, 0.6) is 0 Å². The van der Waals surface area contributed by atoms with Gasteiger partial charge in [-0.1, -0.05) is 17.7 Å². The number of nitrogens with zero attached hydrogens (tertiary/aromatic N) is 4. The van der Waals surface area contributed by atoms with Crippen molar-refractivity contribution in [1.82, 2.24) is 19.6 Å². The maximum atomic E-state index is 12.9. The lowest BCUT2D eigenvalue weighted by Crippen LogP contribution is -2.13. The molecule has 0 atom stereocenters. The molecule has 0 aliphatic heterocycles. The van der Waals surface area contributed by atoms with Crippen molar-refractivity contribution in [2.24, 2.45) is 0 Å². The van der Waals surface area contributed by atoms with Gasteiger partial charge < -0.3 is 5.32 Å². The van der Waals surface area contributed by atoms with Gasteiger partial charge in [0, 0.05) is 23.8 Å². The van der Waals surface area contributed by atoms with E-state index in [-0.39, 0.29) is 5.91 Å². The summed E-state index contributed by atoms with van der Waals surface area (Å²) in [5.41, 5.74) is 4.57. The van der Waals surface area contributed by atoms with Gasteiger partial charge >= 0.3 is 0 Å². The molecule has 0 bridgehead atoms. The molecule has 2 heterocycles. The Hall–Kier alpha value is -3.38. The maximum absolute atomic E-state index is 12.9. The minimum absolute atomic E-state index is 0.286. The van der Waals surface area contributed by atoms with Crippen molar-refractivity contribution in [1.29, 1.82) is 0 Å². The number of carbonyl (C=O) groups is 1. The van der Waals surface area contributed by atoms with Crippen LogP contribution in [0.25, 0.3) is 11.4 Å². The van der Waals surface area contributed by atoms with E-state index in [0.717, 1.165) is 22.8 Å². The smallest absolute Gasteiger partial charge is 0.257 e. The quantitative estimate of drug-likeness (QED) is 0.553. The van der Waals surface area contributed by atoms with Gasteiger partial charge in [0.05, 0.1) is 27.7 Å². The molecule has 2 aromatic carbocycles. The Labute approximate surface area is 167 Å². The second-order valence-corrected chi connectivity index (χ2v) is 6.87. The number of rotatable bonds is 4. The van der Waals surface area contributed by atoms with E-state index in [0.29, 0.717) is 16.3 Å². The van der Waals surface area contributed by atoms with E-state index in [1.54, 1.807) is 27.7 Å². The van der Waals surface area contributed by atoms with Crippen molar-refractivity contribution in [3.63, 3.8) is 0 Å². The first-order valence-corrected chi connectivity index (χ1v) is 9.14. The van der Waals surface area contributed by atoms with Crippen molar-refractivity contribution in [2.75, 3.05) is 5.32 Å². The molecule has 0 fully saturated rings. The molecule has 0 aliphatic carbocycles. The van der Waals surface area contributed by atoms with Crippen molar-refractivity contribution in [3.05, 3.63) is 89.0 Å². The largest absolute Gasteiger partial charge is 0.322 e. The van der Waals surface area contributed by atoms with Crippen LogP contribution in [0.4, 0.5) is 5.69 Å². The maximum Gasteiger partial charge on any atom is 0.257 e. The Balaban J connectivity index is 1.63. The molecule has 28 heavy (non-hydrogen) atoms. The van der Waals surface area contributed by atoms with Gasteiger partial charge in [-0.05, 0) is 62.4 Å². The molecule has 0 saturated carbocycles. The Morgan fingerprint density at radius 2 is 1.89 bits per heavy atom. The average molecular weight is 392 g/mol. The van der Waals surface area contributed by atoms with Crippen molar-refractivity contribution >= 4 is 23.2 Å². The second kappa shape index (κ2) is 7.32. The summed E-state index contributed by atoms with van der Waals surface area (Å²) in [5, 5.41) is 12.0. The van der Waals surface area contributed by atoms with Crippen molar-refractivity contribution in [3.8, 4) is 11.4 Å². The minimum Gasteiger partial charge on any atom is -0.322 e. The normalized spacial score (nSPS) is 10.8. The molecule has 4 rings (SSSR count). The summed E-state index contributed by atoms with van der Waals surface area (Å²) in [6.07, 6.45) is 3.55. The van der Waals surface area contributed by atoms with Crippen LogP contribution in [0.1, 0.15) is 21.7 Å². The number of hydrogen-bond acceptors (Lipinski definition) is 3. The predicted molar refractivity (Wildman–Crippen MR) is 110 cm³/mol. The van der Waals surface area contributed by atoms with Crippen LogP contribution in [-0.2, 0) is 0 Å². The standard InChI is InChI=1S/C21H18ClN5O/c1-14-11-15(2)27(25-14)18-7-8-20(22)19(13-18)21(28)24-16-5-3-6-17(12-16)26-10-4-9-23-26/h3-13H,1-2H3,(H,24,28). The summed E-state index contributed by atoms with van der Waals surface area (Å²) >= 11 is 6.30. The summed E-state index contributed by atoms with van der Waals surface area (Å²) in [6.45, 7) is 3.90. The molecule has 0 aliphatic rings. The van der Waals surface area contributed by atoms with E-state index in [9.17, 15) is 4.79 Å². The van der Waals surface area contributed by atoms with Crippen LogP contribution < -0.4 is 5.32 Å². The molecule has 6 nitrogen and oxygen atoms in total. The monoisotopic (exact) mass is 391 g/mol. The van der Waals surface area contributed by atoms with Crippen LogP contribution >= 0.6 is 11.6 Å². The van der Waals surface area contributed by atoms with Gasteiger partial charge in [0.25, 0.3) is 5.91 Å². The lowest BCUT2D eigenvalue weighted by atomic mass is 10.1. The van der Waals surface area contributed by atoms with Gasteiger partial charge in [-0.3, -0.25) is 4.79 Å². The molecule has 4 aromatic rings. The third-order valence-corrected chi connectivity index (χ3v) is 4.65. The minimum atomic E-state index is -0.286. The van der Waals surface area contributed by atoms with E-state index in [2.05, 4.69) is 15.5 Å². The Morgan fingerprint density at radius 1 is 1.04 bits per heavy atom. The number of nitrogens with one attached hydrogen (secondary N) is 1. The van der Waals surface area contributed by atoms with Gasteiger partial charge in [0.15, 0.2) is 0 Å². The fraction of sp³-hybridized carbons (Fsp3) is 0.0952. The first kappa shape index (κ1) is 18.0. The number of amides is 1. The number of carbonyl (C=O) groups excluding carboxylic acids is 1. The zero-order valence-corrected chi connectivity index (χ0v) is 16.2. The molecule has 1 N–H and O–H groups in total. The number of hydrogen-bond donors (Lipinski definition) is 1. The van der Waals surface area contributed by atoms with Crippen LogP contribution in [-0.4, -0.2) is 25.5 Å². The van der Waals surface area contributed by atoms with Gasteiger partial charge in [-0.25, -0.2) is 9.36 Å². The van der Waals surface area contributed by atoms with E-state index < -0.39 is 0 Å². The van der Waals surface area contributed by atoms with Gasteiger partial charge in [-0.2, -0.15) is 10.2 Å².